The minimum Gasteiger partial charge on any atom is -0.454 e. The van der Waals surface area contributed by atoms with Crippen molar-refractivity contribution in [3.8, 4) is 0 Å². The maximum absolute atomic E-state index is 12.7. The van der Waals surface area contributed by atoms with Gasteiger partial charge in [-0.25, -0.2) is 4.79 Å². The van der Waals surface area contributed by atoms with E-state index in [1.165, 1.54) is 16.3 Å². The molecule has 0 saturated carbocycles. The summed E-state index contributed by atoms with van der Waals surface area (Å²) >= 11 is 0. The van der Waals surface area contributed by atoms with Crippen LogP contribution in [0.2, 0.25) is 0 Å². The van der Waals surface area contributed by atoms with Gasteiger partial charge in [0.2, 0.25) is 0 Å². The molecule has 2 heterocycles. The Kier molecular flexibility index (Phi) is 3.76. The summed E-state index contributed by atoms with van der Waals surface area (Å²) in [5.74, 6) is 0.0911. The fourth-order valence-electron chi connectivity index (χ4n) is 5.99. The van der Waals surface area contributed by atoms with Gasteiger partial charge in [-0.2, -0.15) is 0 Å². The number of carbonyl (C=O) groups is 1. The lowest BCUT2D eigenvalue weighted by atomic mass is 9.66. The molecule has 2 saturated heterocycles. The second-order valence-corrected chi connectivity index (χ2v) is 9.04. The molecule has 3 heteroatoms. The predicted molar refractivity (Wildman–Crippen MR) is 116 cm³/mol. The van der Waals surface area contributed by atoms with E-state index in [0.717, 1.165) is 12.8 Å². The van der Waals surface area contributed by atoms with Crippen molar-refractivity contribution in [2.45, 2.75) is 37.1 Å². The van der Waals surface area contributed by atoms with E-state index in [4.69, 9.17) is 9.47 Å². The molecular formula is C27H24O3. The van der Waals surface area contributed by atoms with Gasteiger partial charge in [-0.3, -0.25) is 0 Å². The van der Waals surface area contributed by atoms with Crippen molar-refractivity contribution in [2.24, 2.45) is 11.8 Å². The molecule has 3 aliphatic rings. The highest BCUT2D eigenvalue weighted by molar-refractivity contribution is 5.89. The highest BCUT2D eigenvalue weighted by Crippen LogP contribution is 2.65. The van der Waals surface area contributed by atoms with Crippen LogP contribution in [0.3, 0.4) is 0 Å². The van der Waals surface area contributed by atoms with Gasteiger partial charge in [0, 0.05) is 11.8 Å². The van der Waals surface area contributed by atoms with Gasteiger partial charge in [0.15, 0.2) is 0 Å². The van der Waals surface area contributed by atoms with Crippen LogP contribution in [0.1, 0.15) is 35.7 Å². The number of carbonyl (C=O) groups excluding carboxylic acids is 1. The zero-order valence-electron chi connectivity index (χ0n) is 17.0. The number of hydrogen-bond donors (Lipinski definition) is 0. The van der Waals surface area contributed by atoms with E-state index in [2.05, 4.69) is 61.5 Å². The molecule has 3 aromatic carbocycles. The first-order valence-electron chi connectivity index (χ1n) is 10.7. The van der Waals surface area contributed by atoms with Crippen LogP contribution < -0.4 is 0 Å². The maximum atomic E-state index is 12.7. The van der Waals surface area contributed by atoms with Gasteiger partial charge < -0.3 is 9.47 Å². The zero-order chi connectivity index (χ0) is 20.3. The average molecular weight is 396 g/mol. The van der Waals surface area contributed by atoms with Crippen LogP contribution in [-0.4, -0.2) is 17.7 Å². The molecule has 2 bridgehead atoms. The van der Waals surface area contributed by atoms with Gasteiger partial charge in [-0.05, 0) is 60.4 Å². The van der Waals surface area contributed by atoms with Crippen molar-refractivity contribution in [3.63, 3.8) is 0 Å². The van der Waals surface area contributed by atoms with Crippen LogP contribution in [0.5, 0.6) is 0 Å². The Bertz CT molecular complexity index is 1170. The summed E-state index contributed by atoms with van der Waals surface area (Å²) in [6, 6.07) is 24.4. The highest BCUT2D eigenvalue weighted by Gasteiger charge is 2.68. The summed E-state index contributed by atoms with van der Waals surface area (Å²) < 4.78 is 12.8. The van der Waals surface area contributed by atoms with E-state index in [1.54, 1.807) is 12.1 Å². The van der Waals surface area contributed by atoms with Gasteiger partial charge in [-0.1, -0.05) is 60.7 Å². The van der Waals surface area contributed by atoms with E-state index >= 15 is 0 Å². The van der Waals surface area contributed by atoms with Crippen molar-refractivity contribution < 1.29 is 14.3 Å². The highest BCUT2D eigenvalue weighted by atomic mass is 16.6. The third kappa shape index (κ3) is 2.45. The van der Waals surface area contributed by atoms with Crippen LogP contribution in [0.4, 0.5) is 0 Å². The Balaban J connectivity index is 1.34. The Hall–Kier alpha value is -2.91. The number of hydrogen-bond acceptors (Lipinski definition) is 3. The van der Waals surface area contributed by atoms with Gasteiger partial charge in [-0.15, -0.1) is 0 Å². The lowest BCUT2D eigenvalue weighted by Crippen LogP contribution is -2.42. The van der Waals surface area contributed by atoms with Gasteiger partial charge in [0.25, 0.3) is 0 Å². The summed E-state index contributed by atoms with van der Waals surface area (Å²) in [6.07, 6.45) is 6.02. The lowest BCUT2D eigenvalue weighted by molar-refractivity contribution is -0.0655. The molecule has 1 aliphatic carbocycles. The number of benzene rings is 3. The minimum atomic E-state index is -0.339. The van der Waals surface area contributed by atoms with Gasteiger partial charge in [0.1, 0.15) is 11.7 Å². The summed E-state index contributed by atoms with van der Waals surface area (Å²) in [4.78, 5) is 12.7. The first-order valence-corrected chi connectivity index (χ1v) is 10.7. The van der Waals surface area contributed by atoms with Crippen molar-refractivity contribution in [1.82, 2.24) is 0 Å². The fourth-order valence-corrected chi connectivity index (χ4v) is 5.99. The van der Waals surface area contributed by atoms with E-state index in [1.807, 2.05) is 18.2 Å². The molecule has 0 aromatic heterocycles. The van der Waals surface area contributed by atoms with E-state index in [0.29, 0.717) is 5.56 Å². The molecule has 6 rings (SSSR count). The Morgan fingerprint density at radius 3 is 2.53 bits per heavy atom. The standard InChI is InChI=1S/C27H24O3/c1-26-15-16-27(30-26,21-12-11-18-7-5-6-10-20(18)17-21)22-13-14-23(24(22)26)29-25(28)19-8-3-2-4-9-19/h2-14,17,22-24H,15-16H2,1H3/t22-,23-,24-,26-,27-/m0/s1. The Morgan fingerprint density at radius 2 is 1.70 bits per heavy atom. The molecule has 0 spiro atoms. The van der Waals surface area contributed by atoms with Crippen LogP contribution >= 0.6 is 0 Å². The van der Waals surface area contributed by atoms with Crippen LogP contribution in [-0.2, 0) is 15.1 Å². The molecule has 150 valence electrons. The van der Waals surface area contributed by atoms with Crippen molar-refractivity contribution in [3.05, 3.63) is 96.1 Å². The predicted octanol–water partition coefficient (Wildman–Crippen LogP) is 5.65. The first-order chi connectivity index (χ1) is 14.6. The third-order valence-electron chi connectivity index (χ3n) is 7.39. The Morgan fingerprint density at radius 1 is 0.933 bits per heavy atom. The summed E-state index contributed by atoms with van der Waals surface area (Å²) in [7, 11) is 0. The molecular weight excluding hydrogens is 372 g/mol. The minimum absolute atomic E-state index is 0.144. The van der Waals surface area contributed by atoms with E-state index < -0.39 is 0 Å². The molecule has 30 heavy (non-hydrogen) atoms. The molecule has 0 N–H and O–H groups in total. The molecule has 2 aliphatic heterocycles. The molecule has 5 atom stereocenters. The van der Waals surface area contributed by atoms with E-state index in [-0.39, 0.29) is 35.1 Å². The fraction of sp³-hybridized carbons (Fsp3) is 0.296. The number of esters is 1. The number of rotatable bonds is 3. The largest absolute Gasteiger partial charge is 0.454 e. The quantitative estimate of drug-likeness (QED) is 0.424. The van der Waals surface area contributed by atoms with E-state index in [9.17, 15) is 4.79 Å². The van der Waals surface area contributed by atoms with Gasteiger partial charge in [0.05, 0.1) is 11.2 Å². The monoisotopic (exact) mass is 396 g/mol. The van der Waals surface area contributed by atoms with Crippen LogP contribution in [0.15, 0.2) is 84.9 Å². The SMILES string of the molecule is C[C@@]12CC[C@@](c3ccc4ccccc4c3)(O1)[C@H]1C=C[C@H](OC(=O)c3ccccc3)[C@H]12. The first kappa shape index (κ1) is 17.9. The second kappa shape index (κ2) is 6.29. The zero-order valence-corrected chi connectivity index (χ0v) is 17.0. The molecule has 0 radical (unpaired) electrons. The number of ether oxygens (including phenoxy) is 2. The summed E-state index contributed by atoms with van der Waals surface area (Å²) in [6.45, 7) is 2.19. The number of fused-ring (bicyclic) bond motifs is 6. The van der Waals surface area contributed by atoms with Crippen LogP contribution in [0.25, 0.3) is 10.8 Å². The topological polar surface area (TPSA) is 35.5 Å². The molecule has 3 aromatic rings. The molecule has 0 unspecified atom stereocenters. The second-order valence-electron chi connectivity index (χ2n) is 9.04. The van der Waals surface area contributed by atoms with Crippen molar-refractivity contribution in [1.29, 1.82) is 0 Å². The third-order valence-corrected chi connectivity index (χ3v) is 7.39. The van der Waals surface area contributed by atoms with Gasteiger partial charge >= 0.3 is 5.97 Å². The van der Waals surface area contributed by atoms with Crippen molar-refractivity contribution >= 4 is 16.7 Å². The normalized spacial score (nSPS) is 33.7. The molecule has 0 amide bonds. The Labute approximate surface area is 176 Å². The molecule has 2 fully saturated rings. The maximum Gasteiger partial charge on any atom is 0.338 e. The van der Waals surface area contributed by atoms with Crippen molar-refractivity contribution in [2.75, 3.05) is 0 Å². The van der Waals surface area contributed by atoms with Crippen LogP contribution in [0, 0.1) is 11.8 Å². The smallest absolute Gasteiger partial charge is 0.338 e. The lowest BCUT2D eigenvalue weighted by Gasteiger charge is -2.36. The summed E-state index contributed by atoms with van der Waals surface area (Å²) in [5, 5.41) is 2.48. The average Bonchev–Trinajstić information content (AvgIpc) is 3.44. The summed E-state index contributed by atoms with van der Waals surface area (Å²) in [5.41, 5.74) is 1.19. The molecule has 3 nitrogen and oxygen atoms in total.